The number of aliphatic hydroxyl groups excluding tert-OH is 1. The molecule has 1 aliphatic heterocycles. The number of para-hydroxylation sites is 1. The van der Waals surface area contributed by atoms with Gasteiger partial charge in [-0.2, -0.15) is 0 Å². The van der Waals surface area contributed by atoms with Gasteiger partial charge in [0.25, 0.3) is 0 Å². The van der Waals surface area contributed by atoms with Crippen LogP contribution in [0.2, 0.25) is 6.32 Å². The number of benzene rings is 1. The van der Waals surface area contributed by atoms with Crippen molar-refractivity contribution >= 4 is 15.4 Å². The van der Waals surface area contributed by atoms with Gasteiger partial charge < -0.3 is 14.4 Å². The standard InChI is InChI=1S/C10H12BO5P/c11-6-9-10(12)16-17(13,7-14-9)15-8-4-2-1-3-5-8/h1-5,9-10,12H,6-7H2/t9-,10?,17+/m0/s1. The molecule has 1 saturated heterocycles. The minimum atomic E-state index is -3.47. The molecule has 1 aromatic rings. The van der Waals surface area contributed by atoms with Crippen molar-refractivity contribution in [1.82, 2.24) is 0 Å². The Labute approximate surface area is 101 Å². The summed E-state index contributed by atoms with van der Waals surface area (Å²) in [7, 11) is 1.87. The van der Waals surface area contributed by atoms with E-state index in [-0.39, 0.29) is 12.7 Å². The second kappa shape index (κ2) is 5.23. The zero-order valence-electron chi connectivity index (χ0n) is 9.06. The van der Waals surface area contributed by atoms with E-state index in [2.05, 4.69) is 0 Å². The third-order valence-electron chi connectivity index (χ3n) is 2.25. The van der Waals surface area contributed by atoms with Crippen molar-refractivity contribution in [2.24, 2.45) is 0 Å². The minimum Gasteiger partial charge on any atom is -0.423 e. The van der Waals surface area contributed by atoms with E-state index in [0.29, 0.717) is 5.75 Å². The van der Waals surface area contributed by atoms with Crippen LogP contribution in [-0.4, -0.2) is 31.7 Å². The Morgan fingerprint density at radius 1 is 1.47 bits per heavy atom. The van der Waals surface area contributed by atoms with E-state index in [1.54, 1.807) is 30.3 Å². The Kier molecular flexibility index (Phi) is 3.89. The smallest absolute Gasteiger partial charge is 0.407 e. The molecule has 3 atom stereocenters. The van der Waals surface area contributed by atoms with Crippen LogP contribution in [-0.2, 0) is 13.8 Å². The van der Waals surface area contributed by atoms with Gasteiger partial charge in [0.1, 0.15) is 11.9 Å². The second-order valence-electron chi connectivity index (χ2n) is 3.58. The zero-order valence-corrected chi connectivity index (χ0v) is 9.95. The largest absolute Gasteiger partial charge is 0.423 e. The van der Waals surface area contributed by atoms with Gasteiger partial charge in [0.05, 0.1) is 7.85 Å². The van der Waals surface area contributed by atoms with Crippen LogP contribution >= 0.6 is 7.60 Å². The lowest BCUT2D eigenvalue weighted by molar-refractivity contribution is -0.142. The molecule has 17 heavy (non-hydrogen) atoms. The Morgan fingerprint density at radius 2 is 2.18 bits per heavy atom. The quantitative estimate of drug-likeness (QED) is 0.654. The average Bonchev–Trinajstić information content (AvgIpc) is 2.30. The summed E-state index contributed by atoms with van der Waals surface area (Å²) in [6, 6.07) is 8.58. The molecule has 7 heteroatoms. The first-order valence-corrected chi connectivity index (χ1v) is 6.87. The number of ether oxygens (including phenoxy) is 1. The molecule has 1 N–H and O–H groups in total. The lowest BCUT2D eigenvalue weighted by Crippen LogP contribution is -2.36. The highest BCUT2D eigenvalue weighted by Crippen LogP contribution is 2.52. The third kappa shape index (κ3) is 3.10. The Morgan fingerprint density at radius 3 is 2.76 bits per heavy atom. The molecule has 1 aliphatic rings. The molecule has 0 aliphatic carbocycles. The predicted molar refractivity (Wildman–Crippen MR) is 62.1 cm³/mol. The van der Waals surface area contributed by atoms with Crippen LogP contribution in [0.5, 0.6) is 5.75 Å². The summed E-state index contributed by atoms with van der Waals surface area (Å²) in [5.74, 6) is 0.401. The molecule has 2 radical (unpaired) electrons. The van der Waals surface area contributed by atoms with E-state index in [1.165, 1.54) is 0 Å². The number of rotatable bonds is 3. The van der Waals surface area contributed by atoms with Crippen molar-refractivity contribution in [3.63, 3.8) is 0 Å². The fourth-order valence-corrected chi connectivity index (χ4v) is 2.84. The van der Waals surface area contributed by atoms with Gasteiger partial charge in [0.15, 0.2) is 12.6 Å². The molecule has 1 aromatic carbocycles. The first-order chi connectivity index (χ1) is 8.13. The van der Waals surface area contributed by atoms with Gasteiger partial charge in [-0.1, -0.05) is 24.5 Å². The molecule has 2 rings (SSSR count). The van der Waals surface area contributed by atoms with Crippen molar-refractivity contribution in [2.45, 2.75) is 18.7 Å². The van der Waals surface area contributed by atoms with Crippen LogP contribution in [0.4, 0.5) is 0 Å². The maximum Gasteiger partial charge on any atom is 0.407 e. The normalized spacial score (nSPS) is 33.2. The molecule has 0 spiro atoms. The van der Waals surface area contributed by atoms with E-state index < -0.39 is 20.0 Å². The van der Waals surface area contributed by atoms with E-state index in [0.717, 1.165) is 0 Å². The topological polar surface area (TPSA) is 65.0 Å². The molecule has 1 fully saturated rings. The van der Waals surface area contributed by atoms with Gasteiger partial charge in [-0.25, -0.2) is 4.57 Å². The van der Waals surface area contributed by atoms with Crippen LogP contribution in [0.1, 0.15) is 0 Å². The van der Waals surface area contributed by atoms with Gasteiger partial charge in [0, 0.05) is 0 Å². The first-order valence-electron chi connectivity index (χ1n) is 5.15. The second-order valence-corrected chi connectivity index (χ2v) is 5.45. The summed E-state index contributed by atoms with van der Waals surface area (Å²) in [5, 5.41) is 9.50. The summed E-state index contributed by atoms with van der Waals surface area (Å²) < 4.78 is 27.4. The molecule has 1 heterocycles. The average molecular weight is 254 g/mol. The summed E-state index contributed by atoms with van der Waals surface area (Å²) in [4.78, 5) is 0. The van der Waals surface area contributed by atoms with Gasteiger partial charge in [-0.15, -0.1) is 0 Å². The fraction of sp³-hybridized carbons (Fsp3) is 0.400. The summed E-state index contributed by atoms with van der Waals surface area (Å²) in [6.45, 7) is 0. The third-order valence-corrected chi connectivity index (χ3v) is 3.74. The Balaban J connectivity index is 2.04. The molecule has 0 bridgehead atoms. The Bertz CT molecular complexity index is 412. The number of hydrogen-bond donors (Lipinski definition) is 1. The summed E-state index contributed by atoms with van der Waals surface area (Å²) in [5.41, 5.74) is 0. The number of aliphatic hydroxyl groups is 1. The van der Waals surface area contributed by atoms with Crippen LogP contribution in [0.3, 0.4) is 0 Å². The van der Waals surface area contributed by atoms with Crippen molar-refractivity contribution in [3.8, 4) is 5.75 Å². The highest BCUT2D eigenvalue weighted by Gasteiger charge is 2.39. The molecule has 1 unspecified atom stereocenters. The Hall–Kier alpha value is -0.805. The van der Waals surface area contributed by atoms with Crippen molar-refractivity contribution in [1.29, 1.82) is 0 Å². The molecular formula is C10H12BO5P. The molecular weight excluding hydrogens is 242 g/mol. The lowest BCUT2D eigenvalue weighted by Gasteiger charge is -2.32. The van der Waals surface area contributed by atoms with Crippen LogP contribution < -0.4 is 4.52 Å². The molecule has 90 valence electrons. The molecule has 0 aromatic heterocycles. The summed E-state index contributed by atoms with van der Waals surface area (Å²) >= 11 is 0. The molecule has 0 amide bonds. The molecule has 5 nitrogen and oxygen atoms in total. The van der Waals surface area contributed by atoms with Crippen LogP contribution in [0.15, 0.2) is 30.3 Å². The minimum absolute atomic E-state index is 0.0898. The highest BCUT2D eigenvalue weighted by molar-refractivity contribution is 7.54. The van der Waals surface area contributed by atoms with Gasteiger partial charge >= 0.3 is 7.60 Å². The predicted octanol–water partition coefficient (Wildman–Crippen LogP) is 1.54. The van der Waals surface area contributed by atoms with E-state index in [4.69, 9.17) is 21.6 Å². The highest BCUT2D eigenvalue weighted by atomic mass is 31.2. The maximum absolute atomic E-state index is 12.1. The van der Waals surface area contributed by atoms with Crippen molar-refractivity contribution in [2.75, 3.05) is 6.35 Å². The van der Waals surface area contributed by atoms with Gasteiger partial charge in [0.2, 0.25) is 0 Å². The molecule has 0 saturated carbocycles. The monoisotopic (exact) mass is 254 g/mol. The summed E-state index contributed by atoms with van der Waals surface area (Å²) in [6.07, 6.45) is -2.13. The van der Waals surface area contributed by atoms with Gasteiger partial charge in [-0.05, 0) is 12.1 Å². The zero-order chi connectivity index (χ0) is 12.3. The first kappa shape index (κ1) is 12.6. The fourth-order valence-electron chi connectivity index (χ4n) is 1.41. The van der Waals surface area contributed by atoms with E-state index in [9.17, 15) is 9.67 Å². The van der Waals surface area contributed by atoms with Crippen molar-refractivity contribution in [3.05, 3.63) is 30.3 Å². The number of hydrogen-bond acceptors (Lipinski definition) is 5. The van der Waals surface area contributed by atoms with Crippen LogP contribution in [0, 0.1) is 0 Å². The van der Waals surface area contributed by atoms with Gasteiger partial charge in [-0.3, -0.25) is 4.52 Å². The lowest BCUT2D eigenvalue weighted by atomic mass is 9.99. The SMILES string of the molecule is [B]C[C@@H]1OC[P@@](=O)(Oc2ccccc2)OC1O. The maximum atomic E-state index is 12.1. The van der Waals surface area contributed by atoms with Crippen molar-refractivity contribution < 1.29 is 23.5 Å². The van der Waals surface area contributed by atoms with Crippen LogP contribution in [0.25, 0.3) is 0 Å². The van der Waals surface area contributed by atoms with E-state index in [1.807, 2.05) is 0 Å². The van der Waals surface area contributed by atoms with E-state index >= 15 is 0 Å².